The summed E-state index contributed by atoms with van der Waals surface area (Å²) in [5.41, 5.74) is 1.32. The van der Waals surface area contributed by atoms with Crippen LogP contribution in [0.3, 0.4) is 0 Å². The second-order valence-electron chi connectivity index (χ2n) is 9.62. The number of rotatable bonds is 5. The highest BCUT2D eigenvalue weighted by molar-refractivity contribution is 7.88. The number of ether oxygens (including phenoxy) is 1. The average molecular weight is 419 g/mol. The van der Waals surface area contributed by atoms with E-state index in [9.17, 15) is 13.2 Å². The van der Waals surface area contributed by atoms with E-state index in [0.29, 0.717) is 37.4 Å². The van der Waals surface area contributed by atoms with Crippen molar-refractivity contribution in [3.8, 4) is 0 Å². The molecule has 0 spiro atoms. The van der Waals surface area contributed by atoms with E-state index in [2.05, 4.69) is 5.32 Å². The van der Waals surface area contributed by atoms with Crippen LogP contribution in [0.2, 0.25) is 0 Å². The number of hydrogen-bond acceptors (Lipinski definition) is 4. The average Bonchev–Trinajstić information content (AvgIpc) is 2.67. The quantitative estimate of drug-likeness (QED) is 0.797. The smallest absolute Gasteiger partial charge is 0.251 e. The summed E-state index contributed by atoms with van der Waals surface area (Å²) in [6.45, 7) is 1.72. The van der Waals surface area contributed by atoms with Gasteiger partial charge in [-0.15, -0.1) is 0 Å². The minimum absolute atomic E-state index is 0.00974. The molecule has 0 radical (unpaired) electrons. The first-order valence-corrected chi connectivity index (χ1v) is 12.5. The van der Waals surface area contributed by atoms with Gasteiger partial charge >= 0.3 is 0 Å². The summed E-state index contributed by atoms with van der Waals surface area (Å²) < 4.78 is 31.9. The molecule has 1 heterocycles. The van der Waals surface area contributed by atoms with E-state index in [4.69, 9.17) is 4.74 Å². The first-order valence-electron chi connectivity index (χ1n) is 10.9. The summed E-state index contributed by atoms with van der Waals surface area (Å²) in [5.74, 6) is 2.30. The van der Waals surface area contributed by atoms with Gasteiger partial charge in [0.15, 0.2) is 0 Å². The fourth-order valence-electron chi connectivity index (χ4n) is 6.46. The summed E-state index contributed by atoms with van der Waals surface area (Å²) in [7, 11) is -3.35. The summed E-state index contributed by atoms with van der Waals surface area (Å²) in [6.07, 6.45) is 7.42. The summed E-state index contributed by atoms with van der Waals surface area (Å²) in [4.78, 5) is 12.9. The number of nitrogens with zero attached hydrogens (tertiary/aromatic N) is 1. The third-order valence-electron chi connectivity index (χ3n) is 7.35. The monoisotopic (exact) mass is 418 g/mol. The summed E-state index contributed by atoms with van der Waals surface area (Å²) in [6, 6.07) is 7.07. The molecule has 7 heteroatoms. The molecule has 1 N–H and O–H groups in total. The molecule has 0 atom stereocenters. The van der Waals surface area contributed by atoms with Crippen LogP contribution in [0.1, 0.15) is 54.4 Å². The predicted octanol–water partition coefficient (Wildman–Crippen LogP) is 2.55. The number of sulfonamides is 1. The fourth-order valence-corrected chi connectivity index (χ4v) is 7.96. The largest absolute Gasteiger partial charge is 0.379 e. The van der Waals surface area contributed by atoms with E-state index >= 15 is 0 Å². The lowest BCUT2D eigenvalue weighted by Gasteiger charge is -2.56. The molecule has 1 aliphatic heterocycles. The highest BCUT2D eigenvalue weighted by Crippen LogP contribution is 2.55. The molecule has 1 aromatic carbocycles. The summed E-state index contributed by atoms with van der Waals surface area (Å²) >= 11 is 0. The molecule has 1 saturated heterocycles. The lowest BCUT2D eigenvalue weighted by atomic mass is 9.53. The van der Waals surface area contributed by atoms with Crippen LogP contribution in [0.4, 0.5) is 0 Å². The van der Waals surface area contributed by atoms with E-state index in [-0.39, 0.29) is 17.2 Å². The molecule has 0 aromatic heterocycles. The minimum Gasteiger partial charge on any atom is -0.379 e. The van der Waals surface area contributed by atoms with Crippen LogP contribution in [0.5, 0.6) is 0 Å². The predicted molar refractivity (Wildman–Crippen MR) is 110 cm³/mol. The van der Waals surface area contributed by atoms with Crippen LogP contribution in [0, 0.1) is 17.8 Å². The molecule has 5 fully saturated rings. The van der Waals surface area contributed by atoms with Crippen molar-refractivity contribution in [2.45, 2.75) is 49.8 Å². The van der Waals surface area contributed by atoms with E-state index in [1.165, 1.54) is 23.6 Å². The Bertz CT molecular complexity index is 839. The van der Waals surface area contributed by atoms with Crippen LogP contribution in [0.25, 0.3) is 0 Å². The normalized spacial score (nSPS) is 34.3. The van der Waals surface area contributed by atoms with Crippen molar-refractivity contribution < 1.29 is 17.9 Å². The van der Waals surface area contributed by atoms with Crippen molar-refractivity contribution in [1.29, 1.82) is 0 Å². The Balaban J connectivity index is 1.24. The number of amides is 1. The molecule has 0 unspecified atom stereocenters. The minimum atomic E-state index is -3.35. The number of hydrogen-bond donors (Lipinski definition) is 1. The first-order chi connectivity index (χ1) is 13.9. The van der Waals surface area contributed by atoms with Gasteiger partial charge in [-0.2, -0.15) is 4.31 Å². The number of carbonyl (C=O) groups excluding carboxylic acids is 1. The van der Waals surface area contributed by atoms with Gasteiger partial charge in [0.1, 0.15) is 0 Å². The van der Waals surface area contributed by atoms with Crippen LogP contribution in [-0.4, -0.2) is 50.5 Å². The van der Waals surface area contributed by atoms with Crippen molar-refractivity contribution in [2.75, 3.05) is 26.3 Å². The molecule has 6 rings (SSSR count). The molecule has 1 aromatic rings. The molecular weight excluding hydrogens is 388 g/mol. The van der Waals surface area contributed by atoms with Gasteiger partial charge in [-0.25, -0.2) is 8.42 Å². The van der Waals surface area contributed by atoms with Crippen LogP contribution >= 0.6 is 0 Å². The molecule has 4 saturated carbocycles. The van der Waals surface area contributed by atoms with Crippen molar-refractivity contribution in [1.82, 2.24) is 9.62 Å². The molecular formula is C22H30N2O4S. The van der Waals surface area contributed by atoms with Crippen LogP contribution in [-0.2, 0) is 20.5 Å². The molecule has 4 bridgehead atoms. The highest BCUT2D eigenvalue weighted by atomic mass is 32.2. The molecule has 6 nitrogen and oxygen atoms in total. The standard InChI is InChI=1S/C22H30N2O4S/c25-21(23-22-12-17-9-18(13-22)11-19(10-17)14-22)20-3-1-16(2-4-20)15-29(26,27)24-5-7-28-8-6-24/h1-4,17-19H,5-15H2,(H,23,25). The van der Waals surface area contributed by atoms with Gasteiger partial charge in [-0.1, -0.05) is 12.1 Å². The Morgan fingerprint density at radius 1 is 1.00 bits per heavy atom. The maximum atomic E-state index is 12.9. The van der Waals surface area contributed by atoms with Crippen molar-refractivity contribution in [3.05, 3.63) is 35.4 Å². The molecule has 158 valence electrons. The Morgan fingerprint density at radius 3 is 2.10 bits per heavy atom. The molecule has 1 amide bonds. The van der Waals surface area contributed by atoms with Gasteiger partial charge in [0.05, 0.1) is 19.0 Å². The zero-order valence-electron chi connectivity index (χ0n) is 16.8. The molecule has 4 aliphatic carbocycles. The zero-order valence-corrected chi connectivity index (χ0v) is 17.6. The number of benzene rings is 1. The van der Waals surface area contributed by atoms with E-state index in [1.807, 2.05) is 0 Å². The highest BCUT2D eigenvalue weighted by Gasteiger charge is 2.51. The van der Waals surface area contributed by atoms with E-state index in [0.717, 1.165) is 37.0 Å². The van der Waals surface area contributed by atoms with Gasteiger partial charge in [0.25, 0.3) is 5.91 Å². The summed E-state index contributed by atoms with van der Waals surface area (Å²) in [5, 5.41) is 3.38. The second kappa shape index (κ2) is 7.36. The third-order valence-corrected chi connectivity index (χ3v) is 9.20. The zero-order chi connectivity index (χ0) is 20.1. The van der Waals surface area contributed by atoms with Gasteiger partial charge in [-0.05, 0) is 74.0 Å². The molecule has 5 aliphatic rings. The number of nitrogens with one attached hydrogen (secondary N) is 1. The number of morpholine rings is 1. The first kappa shape index (κ1) is 19.5. The number of carbonyl (C=O) groups is 1. The Hall–Kier alpha value is -1.44. The second-order valence-corrected chi connectivity index (χ2v) is 11.6. The van der Waals surface area contributed by atoms with E-state index < -0.39 is 10.0 Å². The maximum absolute atomic E-state index is 12.9. The Kier molecular flexibility index (Phi) is 4.95. The Labute approximate surface area is 173 Å². The lowest BCUT2D eigenvalue weighted by Crippen LogP contribution is -2.59. The third kappa shape index (κ3) is 3.97. The topological polar surface area (TPSA) is 75.7 Å². The van der Waals surface area contributed by atoms with Gasteiger partial charge < -0.3 is 10.1 Å². The van der Waals surface area contributed by atoms with Crippen LogP contribution in [0.15, 0.2) is 24.3 Å². The van der Waals surface area contributed by atoms with Crippen molar-refractivity contribution in [3.63, 3.8) is 0 Å². The van der Waals surface area contributed by atoms with Gasteiger partial charge in [-0.3, -0.25) is 4.79 Å². The van der Waals surface area contributed by atoms with Gasteiger partial charge in [0.2, 0.25) is 10.0 Å². The lowest BCUT2D eigenvalue weighted by molar-refractivity contribution is -0.0167. The Morgan fingerprint density at radius 2 is 1.55 bits per heavy atom. The van der Waals surface area contributed by atoms with E-state index in [1.54, 1.807) is 24.3 Å². The van der Waals surface area contributed by atoms with Crippen molar-refractivity contribution >= 4 is 15.9 Å². The SMILES string of the molecule is O=C(NC12CC3CC(CC(C3)C1)C2)c1ccc(CS(=O)(=O)N2CCOCC2)cc1. The molecule has 29 heavy (non-hydrogen) atoms. The fraction of sp³-hybridized carbons (Fsp3) is 0.682. The van der Waals surface area contributed by atoms with Crippen LogP contribution < -0.4 is 5.32 Å². The van der Waals surface area contributed by atoms with Crippen molar-refractivity contribution in [2.24, 2.45) is 17.8 Å². The van der Waals surface area contributed by atoms with Gasteiger partial charge in [0, 0.05) is 24.2 Å². The maximum Gasteiger partial charge on any atom is 0.251 e.